The quantitative estimate of drug-likeness (QED) is 0.798. The van der Waals surface area contributed by atoms with Gasteiger partial charge in [-0.15, -0.1) is 0 Å². The maximum absolute atomic E-state index is 13.6. The van der Waals surface area contributed by atoms with E-state index in [1.165, 1.54) is 6.07 Å². The van der Waals surface area contributed by atoms with E-state index >= 15 is 0 Å². The second-order valence-corrected chi connectivity index (χ2v) is 4.33. The molecule has 1 aromatic rings. The van der Waals surface area contributed by atoms with Crippen molar-refractivity contribution < 1.29 is 24.1 Å². The van der Waals surface area contributed by atoms with Crippen LogP contribution in [-0.2, 0) is 6.42 Å². The normalized spacial score (nSPS) is 19.9. The van der Waals surface area contributed by atoms with E-state index in [0.717, 1.165) is 0 Å². The van der Waals surface area contributed by atoms with Crippen LogP contribution in [0.2, 0.25) is 0 Å². The summed E-state index contributed by atoms with van der Waals surface area (Å²) in [5, 5.41) is 19.4. The Morgan fingerprint density at radius 2 is 2.12 bits per heavy atom. The third-order valence-corrected chi connectivity index (χ3v) is 3.00. The molecule has 0 unspecified atom stereocenters. The Labute approximate surface area is 91.2 Å². The number of halogens is 1. The van der Waals surface area contributed by atoms with Crippen LogP contribution in [0.25, 0.3) is 0 Å². The lowest BCUT2D eigenvalue weighted by Gasteiger charge is -2.11. The highest BCUT2D eigenvalue weighted by Crippen LogP contribution is 2.45. The lowest BCUT2D eigenvalue weighted by molar-refractivity contribution is 0.149. The van der Waals surface area contributed by atoms with E-state index in [9.17, 15) is 14.6 Å². The van der Waals surface area contributed by atoms with Gasteiger partial charge in [0.1, 0.15) is 0 Å². The largest absolute Gasteiger partial charge is 0.505 e. The number of phenols is 1. The summed E-state index contributed by atoms with van der Waals surface area (Å²) < 4.78 is 23.6. The summed E-state index contributed by atoms with van der Waals surface area (Å²) in [7, 11) is 0. The number of ether oxygens (including phenoxy) is 2. The molecular formula is C11H11FO4. The molecule has 4 nitrogen and oxygen atoms in total. The minimum atomic E-state index is -0.811. The molecule has 0 saturated heterocycles. The predicted molar refractivity (Wildman–Crippen MR) is 52.1 cm³/mol. The number of phenolic OH excluding ortho intramolecular Hbond substituents is 1. The number of rotatable bonds is 2. The lowest BCUT2D eigenvalue weighted by Crippen LogP contribution is -2.11. The van der Waals surface area contributed by atoms with Gasteiger partial charge in [0, 0.05) is 12.0 Å². The summed E-state index contributed by atoms with van der Waals surface area (Å²) >= 11 is 0. The van der Waals surface area contributed by atoms with Gasteiger partial charge in [0.15, 0.2) is 11.5 Å². The molecule has 0 aromatic heterocycles. The molecular weight excluding hydrogens is 215 g/mol. The van der Waals surface area contributed by atoms with Crippen molar-refractivity contribution in [1.29, 1.82) is 0 Å². The maximum atomic E-state index is 13.6. The molecule has 0 amide bonds. The number of fused-ring (bicyclic) bond motifs is 1. The van der Waals surface area contributed by atoms with Crippen molar-refractivity contribution in [2.75, 3.05) is 6.79 Å². The summed E-state index contributed by atoms with van der Waals surface area (Å²) in [6.07, 6.45) is 1.61. The van der Waals surface area contributed by atoms with Gasteiger partial charge in [-0.05, 0) is 18.9 Å². The monoisotopic (exact) mass is 226 g/mol. The van der Waals surface area contributed by atoms with Crippen molar-refractivity contribution >= 4 is 0 Å². The topological polar surface area (TPSA) is 58.9 Å². The van der Waals surface area contributed by atoms with Gasteiger partial charge in [-0.1, -0.05) is 0 Å². The first-order valence-corrected chi connectivity index (χ1v) is 5.11. The average Bonchev–Trinajstić information content (AvgIpc) is 2.79. The van der Waals surface area contributed by atoms with Crippen LogP contribution in [0.3, 0.4) is 0 Å². The van der Waals surface area contributed by atoms with Crippen molar-refractivity contribution in [1.82, 2.24) is 0 Å². The van der Waals surface area contributed by atoms with Gasteiger partial charge < -0.3 is 19.7 Å². The molecule has 1 saturated carbocycles. The van der Waals surface area contributed by atoms with Crippen molar-refractivity contribution in [2.24, 2.45) is 0 Å². The van der Waals surface area contributed by atoms with Crippen LogP contribution in [0.4, 0.5) is 4.39 Å². The molecule has 0 bridgehead atoms. The third kappa shape index (κ3) is 1.39. The molecule has 1 fully saturated rings. The van der Waals surface area contributed by atoms with Crippen molar-refractivity contribution in [3.05, 3.63) is 17.4 Å². The Morgan fingerprint density at radius 1 is 1.38 bits per heavy atom. The first-order chi connectivity index (χ1) is 7.59. The Morgan fingerprint density at radius 3 is 2.81 bits per heavy atom. The van der Waals surface area contributed by atoms with E-state index in [0.29, 0.717) is 18.4 Å². The van der Waals surface area contributed by atoms with Crippen LogP contribution in [0.1, 0.15) is 18.4 Å². The molecule has 1 aliphatic carbocycles. The van der Waals surface area contributed by atoms with Gasteiger partial charge in [0.25, 0.3) is 0 Å². The Hall–Kier alpha value is -1.49. The number of hydrogen-bond acceptors (Lipinski definition) is 4. The van der Waals surface area contributed by atoms with Crippen molar-refractivity contribution in [2.45, 2.75) is 24.9 Å². The molecule has 1 aliphatic heterocycles. The van der Waals surface area contributed by atoms with Gasteiger partial charge >= 0.3 is 0 Å². The Balaban J connectivity index is 2.02. The summed E-state index contributed by atoms with van der Waals surface area (Å²) in [6.45, 7) is -0.0422. The fraction of sp³-hybridized carbons (Fsp3) is 0.455. The number of aliphatic hydroxyl groups is 1. The summed E-state index contributed by atoms with van der Waals surface area (Å²) in [5.41, 5.74) is -0.417. The highest BCUT2D eigenvalue weighted by molar-refractivity contribution is 5.53. The zero-order valence-electron chi connectivity index (χ0n) is 8.49. The SMILES string of the molecule is Oc1c(CC2(O)CC2)cc2c(c1F)OCO2. The summed E-state index contributed by atoms with van der Waals surface area (Å²) in [4.78, 5) is 0. The summed E-state index contributed by atoms with van der Waals surface area (Å²) in [6, 6.07) is 1.52. The summed E-state index contributed by atoms with van der Waals surface area (Å²) in [5.74, 6) is -1.03. The maximum Gasteiger partial charge on any atom is 0.231 e. The molecule has 3 rings (SSSR count). The van der Waals surface area contributed by atoms with E-state index in [4.69, 9.17) is 9.47 Å². The predicted octanol–water partition coefficient (Wildman–Crippen LogP) is 1.33. The lowest BCUT2D eigenvalue weighted by atomic mass is 10.0. The fourth-order valence-corrected chi connectivity index (χ4v) is 1.85. The smallest absolute Gasteiger partial charge is 0.231 e. The van der Waals surface area contributed by atoms with Crippen LogP contribution in [0.5, 0.6) is 17.2 Å². The molecule has 1 heterocycles. The minimum absolute atomic E-state index is 0.0422. The first kappa shape index (κ1) is 9.72. The number of benzene rings is 1. The Kier molecular flexibility index (Phi) is 1.83. The van der Waals surface area contributed by atoms with Crippen molar-refractivity contribution in [3.8, 4) is 17.2 Å². The number of aromatic hydroxyl groups is 1. The van der Waals surface area contributed by atoms with Gasteiger partial charge in [-0.2, -0.15) is 4.39 Å². The minimum Gasteiger partial charge on any atom is -0.505 e. The van der Waals surface area contributed by atoms with Crippen LogP contribution in [-0.4, -0.2) is 22.6 Å². The van der Waals surface area contributed by atoms with Crippen LogP contribution in [0, 0.1) is 5.82 Å². The van der Waals surface area contributed by atoms with E-state index in [1.54, 1.807) is 0 Å². The van der Waals surface area contributed by atoms with Crippen LogP contribution >= 0.6 is 0 Å². The third-order valence-electron chi connectivity index (χ3n) is 3.00. The second kappa shape index (κ2) is 3.01. The van der Waals surface area contributed by atoms with Gasteiger partial charge in [-0.3, -0.25) is 0 Å². The highest BCUT2D eigenvalue weighted by Gasteiger charge is 2.41. The molecule has 2 aliphatic rings. The molecule has 16 heavy (non-hydrogen) atoms. The average molecular weight is 226 g/mol. The van der Waals surface area contributed by atoms with E-state index in [1.807, 2.05) is 0 Å². The molecule has 86 valence electrons. The standard InChI is InChI=1S/C11H11FO4/c12-8-9(13)6(4-11(14)1-2-11)3-7-10(8)16-5-15-7/h3,13-14H,1-2,4-5H2. The zero-order chi connectivity index (χ0) is 11.3. The van der Waals surface area contributed by atoms with Crippen LogP contribution in [0.15, 0.2) is 6.07 Å². The fourth-order valence-electron chi connectivity index (χ4n) is 1.85. The Bertz CT molecular complexity index is 454. The molecule has 0 atom stereocenters. The number of hydrogen-bond donors (Lipinski definition) is 2. The van der Waals surface area contributed by atoms with E-state index in [2.05, 4.69) is 0 Å². The van der Waals surface area contributed by atoms with E-state index in [-0.39, 0.29) is 24.7 Å². The molecule has 5 heteroatoms. The van der Waals surface area contributed by atoms with Gasteiger partial charge in [0.2, 0.25) is 18.4 Å². The van der Waals surface area contributed by atoms with Gasteiger partial charge in [0.05, 0.1) is 5.60 Å². The molecule has 1 aromatic carbocycles. The highest BCUT2D eigenvalue weighted by atomic mass is 19.1. The van der Waals surface area contributed by atoms with Crippen LogP contribution < -0.4 is 9.47 Å². The van der Waals surface area contributed by atoms with Crippen molar-refractivity contribution in [3.63, 3.8) is 0 Å². The first-order valence-electron chi connectivity index (χ1n) is 5.11. The zero-order valence-corrected chi connectivity index (χ0v) is 8.49. The molecule has 0 spiro atoms. The molecule has 2 N–H and O–H groups in total. The molecule has 0 radical (unpaired) electrons. The van der Waals surface area contributed by atoms with E-state index < -0.39 is 17.2 Å². The van der Waals surface area contributed by atoms with Gasteiger partial charge in [-0.25, -0.2) is 0 Å². The second-order valence-electron chi connectivity index (χ2n) is 4.33.